The van der Waals surface area contributed by atoms with Crippen LogP contribution in [-0.2, 0) is 0 Å². The molecule has 2 N–H and O–H groups in total. The Labute approximate surface area is 67.6 Å². The summed E-state index contributed by atoms with van der Waals surface area (Å²) in [5.41, 5.74) is 0.941. The van der Waals surface area contributed by atoms with Gasteiger partial charge in [0.15, 0.2) is 0 Å². The molecule has 2 heterocycles. The Kier molecular flexibility index (Phi) is 1.34. The van der Waals surface area contributed by atoms with Crippen molar-refractivity contribution >= 4 is 30.4 Å². The number of carboxylic acids is 1. The molecule has 0 saturated carbocycles. The number of hydrogen-bond donors (Lipinski definition) is 2. The van der Waals surface area contributed by atoms with E-state index in [0.717, 1.165) is 4.26 Å². The van der Waals surface area contributed by atoms with Gasteiger partial charge in [0.2, 0.25) is 0 Å². The summed E-state index contributed by atoms with van der Waals surface area (Å²) in [6.45, 7) is 0. The quantitative estimate of drug-likeness (QED) is 0.673. The van der Waals surface area contributed by atoms with Crippen LogP contribution in [0.25, 0.3) is 9.91 Å². The molecular weight excluding hydrogens is 211 g/mol. The number of carbonyl (C=O) groups is 1. The SMILES string of the molecule is O=C(O)c1cc2[se]cnc2[nH]1. The van der Waals surface area contributed by atoms with Gasteiger partial charge in [0.25, 0.3) is 0 Å². The first-order valence-corrected chi connectivity index (χ1v) is 4.77. The molecule has 0 atom stereocenters. The molecule has 5 heteroatoms. The average molecular weight is 215 g/mol. The molecule has 0 amide bonds. The van der Waals surface area contributed by atoms with E-state index in [2.05, 4.69) is 9.97 Å². The standard InChI is InChI=1S/C6H4N2O2Se/c9-6(10)3-1-4-5(8-3)7-2-11-4/h1-2,8H,(H,9,10). The maximum absolute atomic E-state index is 10.4. The van der Waals surface area contributed by atoms with Crippen LogP contribution < -0.4 is 0 Å². The van der Waals surface area contributed by atoms with E-state index in [1.54, 1.807) is 6.07 Å². The summed E-state index contributed by atoms with van der Waals surface area (Å²) in [6, 6.07) is 1.64. The molecule has 0 aliphatic carbocycles. The Balaban J connectivity index is 2.67. The van der Waals surface area contributed by atoms with Crippen molar-refractivity contribution in [3.63, 3.8) is 0 Å². The first-order chi connectivity index (χ1) is 5.27. The number of hydrogen-bond acceptors (Lipinski definition) is 2. The van der Waals surface area contributed by atoms with Crippen LogP contribution in [0.2, 0.25) is 0 Å². The fraction of sp³-hybridized carbons (Fsp3) is 0. The molecular formula is C6H4N2O2Se. The summed E-state index contributed by atoms with van der Waals surface area (Å²) < 4.78 is 1.02. The van der Waals surface area contributed by atoms with Gasteiger partial charge in [0.05, 0.1) is 0 Å². The number of nitrogens with one attached hydrogen (secondary N) is 1. The topological polar surface area (TPSA) is 66.0 Å². The van der Waals surface area contributed by atoms with E-state index in [0.29, 0.717) is 5.65 Å². The van der Waals surface area contributed by atoms with Gasteiger partial charge >= 0.3 is 67.1 Å². The Morgan fingerprint density at radius 2 is 2.55 bits per heavy atom. The van der Waals surface area contributed by atoms with Crippen LogP contribution in [0.5, 0.6) is 0 Å². The van der Waals surface area contributed by atoms with E-state index >= 15 is 0 Å². The summed E-state index contributed by atoms with van der Waals surface area (Å²) in [5, 5.41) is 10.4. The van der Waals surface area contributed by atoms with Gasteiger partial charge < -0.3 is 0 Å². The van der Waals surface area contributed by atoms with Crippen molar-refractivity contribution in [2.24, 2.45) is 0 Å². The van der Waals surface area contributed by atoms with E-state index in [1.807, 2.05) is 5.07 Å². The van der Waals surface area contributed by atoms with Crippen LogP contribution in [0.1, 0.15) is 10.5 Å². The number of carboxylic acid groups (broad SMARTS) is 1. The fourth-order valence-electron chi connectivity index (χ4n) is 0.861. The number of fused-ring (bicyclic) bond motifs is 1. The Hall–Kier alpha value is -1.06. The molecule has 0 radical (unpaired) electrons. The third-order valence-corrected chi connectivity index (χ3v) is 2.98. The number of rotatable bonds is 1. The van der Waals surface area contributed by atoms with Crippen LogP contribution in [-0.4, -0.2) is 35.5 Å². The first kappa shape index (κ1) is 6.64. The molecule has 2 rings (SSSR count). The second-order valence-corrected chi connectivity index (χ2v) is 3.91. The minimum atomic E-state index is -0.926. The van der Waals surface area contributed by atoms with Crippen LogP contribution in [0, 0.1) is 0 Å². The van der Waals surface area contributed by atoms with E-state index in [9.17, 15) is 4.79 Å². The number of aromatic amines is 1. The van der Waals surface area contributed by atoms with Crippen molar-refractivity contribution in [1.82, 2.24) is 9.97 Å². The van der Waals surface area contributed by atoms with Gasteiger partial charge in [-0.05, 0) is 0 Å². The first-order valence-electron chi connectivity index (χ1n) is 2.93. The van der Waals surface area contributed by atoms with Crippen LogP contribution in [0.4, 0.5) is 0 Å². The second kappa shape index (κ2) is 2.22. The monoisotopic (exact) mass is 216 g/mol. The molecule has 0 aromatic carbocycles. The molecule has 11 heavy (non-hydrogen) atoms. The molecule has 0 aliphatic rings. The van der Waals surface area contributed by atoms with E-state index in [4.69, 9.17) is 5.11 Å². The number of nitrogens with zero attached hydrogens (tertiary/aromatic N) is 1. The zero-order valence-corrected chi connectivity index (χ0v) is 7.08. The fourth-order valence-corrected chi connectivity index (χ4v) is 2.27. The average Bonchev–Trinajstić information content (AvgIpc) is 2.40. The zero-order chi connectivity index (χ0) is 7.84. The molecule has 2 aromatic heterocycles. The minimum absolute atomic E-state index is 0.222. The van der Waals surface area contributed by atoms with E-state index < -0.39 is 5.97 Å². The van der Waals surface area contributed by atoms with Gasteiger partial charge in [0, 0.05) is 0 Å². The predicted molar refractivity (Wildman–Crippen MR) is 40.0 cm³/mol. The van der Waals surface area contributed by atoms with Crippen LogP contribution in [0.15, 0.2) is 11.1 Å². The molecule has 0 fully saturated rings. The van der Waals surface area contributed by atoms with Gasteiger partial charge in [-0.2, -0.15) is 0 Å². The van der Waals surface area contributed by atoms with Gasteiger partial charge in [0.1, 0.15) is 0 Å². The van der Waals surface area contributed by atoms with Gasteiger partial charge in [-0.15, -0.1) is 0 Å². The molecule has 0 unspecified atom stereocenters. The molecule has 0 spiro atoms. The van der Waals surface area contributed by atoms with Crippen molar-refractivity contribution in [3.05, 3.63) is 16.8 Å². The normalized spacial score (nSPS) is 10.5. The summed E-state index contributed by atoms with van der Waals surface area (Å²) in [6.07, 6.45) is 0. The molecule has 56 valence electrons. The van der Waals surface area contributed by atoms with Crippen LogP contribution >= 0.6 is 0 Å². The number of H-pyrrole nitrogens is 1. The second-order valence-electron chi connectivity index (χ2n) is 2.05. The van der Waals surface area contributed by atoms with E-state index in [-0.39, 0.29) is 20.2 Å². The zero-order valence-electron chi connectivity index (χ0n) is 5.37. The summed E-state index contributed by atoms with van der Waals surface area (Å²) >= 11 is 0.222. The Morgan fingerprint density at radius 3 is 3.18 bits per heavy atom. The molecule has 0 aliphatic heterocycles. The third kappa shape index (κ3) is 0.982. The maximum atomic E-state index is 10.4. The summed E-state index contributed by atoms with van der Waals surface area (Å²) in [7, 11) is 0. The van der Waals surface area contributed by atoms with Crippen molar-refractivity contribution in [3.8, 4) is 0 Å². The number of aromatic carboxylic acids is 1. The van der Waals surface area contributed by atoms with Crippen molar-refractivity contribution in [2.45, 2.75) is 0 Å². The van der Waals surface area contributed by atoms with Crippen LogP contribution in [0.3, 0.4) is 0 Å². The Morgan fingerprint density at radius 1 is 1.73 bits per heavy atom. The Bertz CT molecular complexity index is 375. The van der Waals surface area contributed by atoms with Crippen molar-refractivity contribution in [2.75, 3.05) is 0 Å². The molecule has 0 bridgehead atoms. The summed E-state index contributed by atoms with van der Waals surface area (Å²) in [5.74, 6) is -0.926. The third-order valence-electron chi connectivity index (χ3n) is 1.35. The molecule has 2 aromatic rings. The predicted octanol–water partition coefficient (Wildman–Crippen LogP) is 0.318. The molecule has 4 nitrogen and oxygen atoms in total. The summed E-state index contributed by atoms with van der Waals surface area (Å²) in [4.78, 5) is 17.1. The van der Waals surface area contributed by atoms with Crippen molar-refractivity contribution in [1.29, 1.82) is 0 Å². The van der Waals surface area contributed by atoms with Gasteiger partial charge in [-0.3, -0.25) is 0 Å². The van der Waals surface area contributed by atoms with E-state index in [1.165, 1.54) is 0 Å². The van der Waals surface area contributed by atoms with Crippen molar-refractivity contribution < 1.29 is 9.90 Å². The van der Waals surface area contributed by atoms with Gasteiger partial charge in [-0.1, -0.05) is 0 Å². The molecule has 0 saturated heterocycles. The number of aromatic nitrogens is 2. The van der Waals surface area contributed by atoms with Gasteiger partial charge in [-0.25, -0.2) is 0 Å².